The Labute approximate surface area is 174 Å². The molecule has 2 aliphatic rings. The van der Waals surface area contributed by atoms with E-state index in [1.165, 1.54) is 12.8 Å². The number of hydrogen-bond donors (Lipinski definition) is 1. The van der Waals surface area contributed by atoms with Gasteiger partial charge in [0.2, 0.25) is 5.91 Å². The number of hydrogen-bond acceptors (Lipinski definition) is 6. The standard InChI is InChI=1S/C22H24N6O2/c1-14-21-17(15-6-5-7-16(12-15)30-2)13-20(29)23-22(21)28(26-14)19-9-8-18(24-25-19)27-10-3-4-11-27/h5-9,12,17H,3-4,10-11,13H2,1-2H3,(H,23,29)/t17-/m0/s1. The zero-order valence-corrected chi connectivity index (χ0v) is 17.1. The van der Waals surface area contributed by atoms with Crippen LogP contribution in [0, 0.1) is 6.92 Å². The van der Waals surface area contributed by atoms with E-state index < -0.39 is 0 Å². The predicted octanol–water partition coefficient (Wildman–Crippen LogP) is 3.05. The predicted molar refractivity (Wildman–Crippen MR) is 113 cm³/mol. The number of fused-ring (bicyclic) bond motifs is 1. The Morgan fingerprint density at radius 3 is 2.60 bits per heavy atom. The maximum atomic E-state index is 12.6. The van der Waals surface area contributed by atoms with Crippen molar-refractivity contribution in [3.63, 3.8) is 0 Å². The molecule has 1 fully saturated rings. The normalized spacial score (nSPS) is 18.3. The molecule has 8 heteroatoms. The van der Waals surface area contributed by atoms with E-state index in [4.69, 9.17) is 9.84 Å². The summed E-state index contributed by atoms with van der Waals surface area (Å²) in [5.74, 6) is 2.78. The van der Waals surface area contributed by atoms with Crippen molar-refractivity contribution in [2.45, 2.75) is 32.1 Å². The fourth-order valence-electron chi connectivity index (χ4n) is 4.40. The Morgan fingerprint density at radius 2 is 1.87 bits per heavy atom. The van der Waals surface area contributed by atoms with Crippen LogP contribution >= 0.6 is 0 Å². The molecule has 0 saturated carbocycles. The number of carbonyl (C=O) groups excluding carboxylic acids is 1. The van der Waals surface area contributed by atoms with E-state index in [1.807, 2.05) is 43.3 Å². The number of methoxy groups -OCH3 is 1. The van der Waals surface area contributed by atoms with Crippen LogP contribution in [-0.2, 0) is 4.79 Å². The lowest BCUT2D eigenvalue weighted by atomic mass is 9.86. The van der Waals surface area contributed by atoms with E-state index in [1.54, 1.807) is 11.8 Å². The molecule has 0 spiro atoms. The molecule has 0 aliphatic carbocycles. The second-order valence-electron chi connectivity index (χ2n) is 7.78. The van der Waals surface area contributed by atoms with Crippen LogP contribution in [-0.4, -0.2) is 46.1 Å². The molecule has 154 valence electrons. The highest BCUT2D eigenvalue weighted by molar-refractivity contribution is 5.95. The van der Waals surface area contributed by atoms with Crippen molar-refractivity contribution in [1.82, 2.24) is 20.0 Å². The molecule has 3 aromatic rings. The number of ether oxygens (including phenoxy) is 1. The number of carbonyl (C=O) groups is 1. The number of benzene rings is 1. The number of aromatic nitrogens is 4. The first kappa shape index (κ1) is 18.6. The lowest BCUT2D eigenvalue weighted by Crippen LogP contribution is -2.25. The van der Waals surface area contributed by atoms with Gasteiger partial charge in [-0.05, 0) is 49.6 Å². The largest absolute Gasteiger partial charge is 0.497 e. The average molecular weight is 404 g/mol. The van der Waals surface area contributed by atoms with Crippen molar-refractivity contribution in [3.8, 4) is 11.6 Å². The Hall–Kier alpha value is -3.42. The molecule has 1 saturated heterocycles. The van der Waals surface area contributed by atoms with Gasteiger partial charge in [0, 0.05) is 31.0 Å². The topological polar surface area (TPSA) is 85.2 Å². The first-order valence-corrected chi connectivity index (χ1v) is 10.3. The van der Waals surface area contributed by atoms with Gasteiger partial charge < -0.3 is 15.0 Å². The van der Waals surface area contributed by atoms with Crippen LogP contribution in [0.15, 0.2) is 36.4 Å². The summed E-state index contributed by atoms with van der Waals surface area (Å²) in [5, 5.41) is 16.5. The Morgan fingerprint density at radius 1 is 1.10 bits per heavy atom. The van der Waals surface area contributed by atoms with E-state index in [-0.39, 0.29) is 11.8 Å². The molecule has 4 heterocycles. The summed E-state index contributed by atoms with van der Waals surface area (Å²) in [7, 11) is 1.64. The highest BCUT2D eigenvalue weighted by Crippen LogP contribution is 2.40. The van der Waals surface area contributed by atoms with E-state index in [9.17, 15) is 4.79 Å². The number of nitrogens with one attached hydrogen (secondary N) is 1. The molecule has 2 aromatic heterocycles. The van der Waals surface area contributed by atoms with Gasteiger partial charge in [-0.25, -0.2) is 0 Å². The fraction of sp³-hybridized carbons (Fsp3) is 0.364. The lowest BCUT2D eigenvalue weighted by Gasteiger charge is -2.24. The molecule has 2 aliphatic heterocycles. The number of anilines is 2. The van der Waals surface area contributed by atoms with Crippen molar-refractivity contribution in [1.29, 1.82) is 0 Å². The Bertz CT molecular complexity index is 1090. The monoisotopic (exact) mass is 404 g/mol. The molecular formula is C22H24N6O2. The lowest BCUT2D eigenvalue weighted by molar-refractivity contribution is -0.116. The number of aryl methyl sites for hydroxylation is 1. The van der Waals surface area contributed by atoms with Gasteiger partial charge >= 0.3 is 0 Å². The maximum absolute atomic E-state index is 12.6. The molecule has 1 aromatic carbocycles. The van der Waals surface area contributed by atoms with E-state index >= 15 is 0 Å². The maximum Gasteiger partial charge on any atom is 0.226 e. The first-order chi connectivity index (χ1) is 14.6. The summed E-state index contributed by atoms with van der Waals surface area (Å²) in [5.41, 5.74) is 2.90. The van der Waals surface area contributed by atoms with Crippen LogP contribution in [0.2, 0.25) is 0 Å². The summed E-state index contributed by atoms with van der Waals surface area (Å²) in [4.78, 5) is 14.8. The highest BCUT2D eigenvalue weighted by atomic mass is 16.5. The van der Waals surface area contributed by atoms with Crippen LogP contribution in [0.3, 0.4) is 0 Å². The third-order valence-corrected chi connectivity index (χ3v) is 5.88. The van der Waals surface area contributed by atoms with Crippen LogP contribution < -0.4 is 15.0 Å². The van der Waals surface area contributed by atoms with Crippen LogP contribution in [0.5, 0.6) is 5.75 Å². The molecule has 1 amide bonds. The summed E-state index contributed by atoms with van der Waals surface area (Å²) in [6, 6.07) is 11.7. The van der Waals surface area contributed by atoms with Crippen molar-refractivity contribution in [2.75, 3.05) is 30.4 Å². The molecule has 30 heavy (non-hydrogen) atoms. The quantitative estimate of drug-likeness (QED) is 0.719. The van der Waals surface area contributed by atoms with E-state index in [0.717, 1.165) is 41.5 Å². The minimum atomic E-state index is -0.0885. The van der Waals surface area contributed by atoms with Gasteiger partial charge in [-0.1, -0.05) is 12.1 Å². The number of nitrogens with zero attached hydrogens (tertiary/aromatic N) is 5. The summed E-state index contributed by atoms with van der Waals surface area (Å²) >= 11 is 0. The summed E-state index contributed by atoms with van der Waals surface area (Å²) in [6.07, 6.45) is 2.74. The van der Waals surface area contributed by atoms with Gasteiger partial charge in [0.25, 0.3) is 0 Å². The SMILES string of the molecule is COc1cccc([C@@H]2CC(=O)Nc3c2c(C)nn3-c2ccc(N3CCCC3)nn2)c1. The average Bonchev–Trinajstić information content (AvgIpc) is 3.42. The minimum absolute atomic E-state index is 0.0434. The molecule has 0 unspecified atom stereocenters. The summed E-state index contributed by atoms with van der Waals surface area (Å²) < 4.78 is 7.07. The van der Waals surface area contributed by atoms with Gasteiger partial charge in [-0.3, -0.25) is 4.79 Å². The zero-order valence-electron chi connectivity index (χ0n) is 17.1. The molecular weight excluding hydrogens is 380 g/mol. The molecule has 0 radical (unpaired) electrons. The van der Waals surface area contributed by atoms with Crippen molar-refractivity contribution < 1.29 is 9.53 Å². The van der Waals surface area contributed by atoms with Gasteiger partial charge in [0.15, 0.2) is 11.6 Å². The minimum Gasteiger partial charge on any atom is -0.497 e. The van der Waals surface area contributed by atoms with Crippen molar-refractivity contribution in [2.24, 2.45) is 0 Å². The number of rotatable bonds is 4. The van der Waals surface area contributed by atoms with E-state index in [2.05, 4.69) is 20.4 Å². The Kier molecular flexibility index (Phi) is 4.61. The zero-order chi connectivity index (χ0) is 20.7. The second kappa shape index (κ2) is 7.44. The summed E-state index contributed by atoms with van der Waals surface area (Å²) in [6.45, 7) is 4.00. The van der Waals surface area contributed by atoms with Crippen molar-refractivity contribution in [3.05, 3.63) is 53.2 Å². The highest BCUT2D eigenvalue weighted by Gasteiger charge is 2.33. The van der Waals surface area contributed by atoms with Crippen LogP contribution in [0.4, 0.5) is 11.6 Å². The number of amides is 1. The smallest absolute Gasteiger partial charge is 0.226 e. The Balaban J connectivity index is 1.54. The van der Waals surface area contributed by atoms with Gasteiger partial charge in [-0.15, -0.1) is 10.2 Å². The van der Waals surface area contributed by atoms with Crippen molar-refractivity contribution >= 4 is 17.5 Å². The molecule has 0 bridgehead atoms. The van der Waals surface area contributed by atoms with Crippen LogP contribution in [0.1, 0.15) is 42.0 Å². The third kappa shape index (κ3) is 3.18. The van der Waals surface area contributed by atoms with Gasteiger partial charge in [0.05, 0.1) is 12.8 Å². The van der Waals surface area contributed by atoms with Crippen LogP contribution in [0.25, 0.3) is 5.82 Å². The van der Waals surface area contributed by atoms with E-state index in [0.29, 0.717) is 18.1 Å². The van der Waals surface area contributed by atoms with Gasteiger partial charge in [-0.2, -0.15) is 9.78 Å². The second-order valence-corrected chi connectivity index (χ2v) is 7.78. The molecule has 8 nitrogen and oxygen atoms in total. The molecule has 1 N–H and O–H groups in total. The fourth-order valence-corrected chi connectivity index (χ4v) is 4.40. The molecule has 1 atom stereocenters. The third-order valence-electron chi connectivity index (χ3n) is 5.88. The van der Waals surface area contributed by atoms with Gasteiger partial charge in [0.1, 0.15) is 11.6 Å². The molecule has 5 rings (SSSR count). The first-order valence-electron chi connectivity index (χ1n) is 10.3.